The SMILES string of the molecule is Cc1cc(N[C@@H]2CC[C@@H](O)C2)nc(N)n1. The summed E-state index contributed by atoms with van der Waals surface area (Å²) < 4.78 is 0. The average Bonchev–Trinajstić information content (AvgIpc) is 2.49. The molecule has 1 saturated carbocycles. The predicted octanol–water partition coefficient (Wildman–Crippen LogP) is 0.693. The quantitative estimate of drug-likeness (QED) is 0.666. The first-order valence-electron chi connectivity index (χ1n) is 5.19. The number of aryl methyl sites for hydroxylation is 1. The molecule has 2 atom stereocenters. The van der Waals surface area contributed by atoms with Crippen LogP contribution in [0.2, 0.25) is 0 Å². The largest absolute Gasteiger partial charge is 0.393 e. The number of hydrogen-bond acceptors (Lipinski definition) is 5. The lowest BCUT2D eigenvalue weighted by Gasteiger charge is -2.13. The van der Waals surface area contributed by atoms with Crippen LogP contribution in [0.3, 0.4) is 0 Å². The number of nitrogens with two attached hydrogens (primary N) is 1. The predicted molar refractivity (Wildman–Crippen MR) is 58.4 cm³/mol. The Hall–Kier alpha value is -1.36. The van der Waals surface area contributed by atoms with Crippen molar-refractivity contribution in [2.24, 2.45) is 0 Å². The molecule has 0 spiro atoms. The molecule has 15 heavy (non-hydrogen) atoms. The van der Waals surface area contributed by atoms with E-state index in [1.807, 2.05) is 13.0 Å². The summed E-state index contributed by atoms with van der Waals surface area (Å²) in [6.45, 7) is 1.88. The molecule has 4 N–H and O–H groups in total. The molecule has 0 unspecified atom stereocenters. The minimum Gasteiger partial charge on any atom is -0.393 e. The molecule has 0 radical (unpaired) electrons. The zero-order chi connectivity index (χ0) is 10.8. The number of aromatic nitrogens is 2. The van der Waals surface area contributed by atoms with Gasteiger partial charge >= 0.3 is 0 Å². The molecule has 0 amide bonds. The zero-order valence-corrected chi connectivity index (χ0v) is 8.77. The number of aliphatic hydroxyl groups excluding tert-OH is 1. The topological polar surface area (TPSA) is 84.1 Å². The van der Waals surface area contributed by atoms with Crippen molar-refractivity contribution in [2.75, 3.05) is 11.1 Å². The van der Waals surface area contributed by atoms with Crippen molar-refractivity contribution in [2.45, 2.75) is 38.3 Å². The Balaban J connectivity index is 2.04. The van der Waals surface area contributed by atoms with Gasteiger partial charge in [-0.15, -0.1) is 0 Å². The van der Waals surface area contributed by atoms with Gasteiger partial charge < -0.3 is 16.2 Å². The summed E-state index contributed by atoms with van der Waals surface area (Å²) in [4.78, 5) is 8.10. The Morgan fingerprint density at radius 2 is 2.27 bits per heavy atom. The van der Waals surface area contributed by atoms with Crippen molar-refractivity contribution in [3.63, 3.8) is 0 Å². The summed E-state index contributed by atoms with van der Waals surface area (Å²) in [5.41, 5.74) is 6.40. The Kier molecular flexibility index (Phi) is 2.73. The van der Waals surface area contributed by atoms with E-state index in [-0.39, 0.29) is 12.1 Å². The summed E-state index contributed by atoms with van der Waals surface area (Å²) in [5.74, 6) is 1.04. The first-order chi connectivity index (χ1) is 7.13. The summed E-state index contributed by atoms with van der Waals surface area (Å²) in [6, 6.07) is 2.16. The zero-order valence-electron chi connectivity index (χ0n) is 8.77. The lowest BCUT2D eigenvalue weighted by molar-refractivity contribution is 0.182. The summed E-state index contributed by atoms with van der Waals surface area (Å²) in [6.07, 6.45) is 2.44. The van der Waals surface area contributed by atoms with E-state index in [9.17, 15) is 5.11 Å². The number of nitrogen functional groups attached to an aromatic ring is 1. The molecule has 1 fully saturated rings. The summed E-state index contributed by atoms with van der Waals surface area (Å²) in [7, 11) is 0. The van der Waals surface area contributed by atoms with Crippen LogP contribution in [-0.2, 0) is 0 Å². The molecular weight excluding hydrogens is 192 g/mol. The molecule has 5 nitrogen and oxygen atoms in total. The molecule has 0 aromatic carbocycles. The van der Waals surface area contributed by atoms with Gasteiger partial charge in [0.2, 0.25) is 5.95 Å². The van der Waals surface area contributed by atoms with Crippen LogP contribution in [0.25, 0.3) is 0 Å². The second-order valence-electron chi connectivity index (χ2n) is 4.06. The van der Waals surface area contributed by atoms with Crippen molar-refractivity contribution in [3.8, 4) is 0 Å². The smallest absolute Gasteiger partial charge is 0.222 e. The number of anilines is 2. The molecule has 0 bridgehead atoms. The van der Waals surface area contributed by atoms with E-state index < -0.39 is 0 Å². The lowest BCUT2D eigenvalue weighted by atomic mass is 10.2. The van der Waals surface area contributed by atoms with Crippen LogP contribution < -0.4 is 11.1 Å². The number of nitrogens with one attached hydrogen (secondary N) is 1. The Morgan fingerprint density at radius 3 is 2.87 bits per heavy atom. The third-order valence-corrected chi connectivity index (χ3v) is 2.63. The van der Waals surface area contributed by atoms with Gasteiger partial charge in [0.15, 0.2) is 0 Å². The highest BCUT2D eigenvalue weighted by Gasteiger charge is 2.22. The van der Waals surface area contributed by atoms with Gasteiger partial charge in [-0.1, -0.05) is 0 Å². The Bertz CT molecular complexity index is 335. The second kappa shape index (κ2) is 4.02. The van der Waals surface area contributed by atoms with Crippen LogP contribution in [0.4, 0.5) is 11.8 Å². The molecule has 1 aromatic rings. The highest BCUT2D eigenvalue weighted by Crippen LogP contribution is 2.22. The van der Waals surface area contributed by atoms with E-state index in [0.717, 1.165) is 30.8 Å². The third-order valence-electron chi connectivity index (χ3n) is 2.63. The van der Waals surface area contributed by atoms with Crippen LogP contribution >= 0.6 is 0 Å². The van der Waals surface area contributed by atoms with Gasteiger partial charge in [0.1, 0.15) is 5.82 Å². The summed E-state index contributed by atoms with van der Waals surface area (Å²) >= 11 is 0. The van der Waals surface area contributed by atoms with E-state index in [0.29, 0.717) is 6.04 Å². The molecule has 1 aromatic heterocycles. The van der Waals surface area contributed by atoms with E-state index in [2.05, 4.69) is 15.3 Å². The van der Waals surface area contributed by atoms with Crippen molar-refractivity contribution in [1.82, 2.24) is 9.97 Å². The van der Waals surface area contributed by atoms with Crippen LogP contribution in [0.15, 0.2) is 6.07 Å². The molecule has 5 heteroatoms. The van der Waals surface area contributed by atoms with Gasteiger partial charge in [0.25, 0.3) is 0 Å². The van der Waals surface area contributed by atoms with Gasteiger partial charge in [-0.2, -0.15) is 4.98 Å². The number of aliphatic hydroxyl groups is 1. The Labute approximate surface area is 88.7 Å². The first-order valence-corrected chi connectivity index (χ1v) is 5.19. The molecule has 1 aliphatic rings. The fourth-order valence-corrected chi connectivity index (χ4v) is 1.96. The average molecular weight is 208 g/mol. The maximum Gasteiger partial charge on any atom is 0.222 e. The van der Waals surface area contributed by atoms with E-state index in [4.69, 9.17) is 5.73 Å². The lowest BCUT2D eigenvalue weighted by Crippen LogP contribution is -2.18. The maximum atomic E-state index is 9.39. The standard InChI is InChI=1S/C10H16N4O/c1-6-4-9(14-10(11)12-6)13-7-2-3-8(15)5-7/h4,7-8,15H,2-3,5H2,1H3,(H3,11,12,13,14)/t7-,8-/m1/s1. The monoisotopic (exact) mass is 208 g/mol. The Morgan fingerprint density at radius 1 is 1.47 bits per heavy atom. The summed E-state index contributed by atoms with van der Waals surface area (Å²) in [5, 5.41) is 12.7. The van der Waals surface area contributed by atoms with Gasteiger partial charge in [0.05, 0.1) is 6.10 Å². The van der Waals surface area contributed by atoms with Crippen LogP contribution in [0.1, 0.15) is 25.0 Å². The fourth-order valence-electron chi connectivity index (χ4n) is 1.96. The number of rotatable bonds is 2. The normalized spacial score (nSPS) is 25.5. The molecule has 0 aliphatic heterocycles. The molecule has 0 saturated heterocycles. The van der Waals surface area contributed by atoms with Crippen LogP contribution in [0.5, 0.6) is 0 Å². The number of hydrogen-bond donors (Lipinski definition) is 3. The van der Waals surface area contributed by atoms with Gasteiger partial charge in [-0.25, -0.2) is 4.98 Å². The van der Waals surface area contributed by atoms with E-state index in [1.54, 1.807) is 0 Å². The van der Waals surface area contributed by atoms with E-state index >= 15 is 0 Å². The fraction of sp³-hybridized carbons (Fsp3) is 0.600. The maximum absolute atomic E-state index is 9.39. The molecule has 1 aliphatic carbocycles. The van der Waals surface area contributed by atoms with Gasteiger partial charge in [-0.05, 0) is 26.2 Å². The van der Waals surface area contributed by atoms with Crippen LogP contribution in [-0.4, -0.2) is 27.2 Å². The minimum absolute atomic E-state index is 0.178. The highest BCUT2D eigenvalue weighted by atomic mass is 16.3. The molecular formula is C10H16N4O. The van der Waals surface area contributed by atoms with Crippen molar-refractivity contribution < 1.29 is 5.11 Å². The molecule has 2 rings (SSSR count). The van der Waals surface area contributed by atoms with Crippen LogP contribution in [0, 0.1) is 6.92 Å². The van der Waals surface area contributed by atoms with Crippen molar-refractivity contribution in [1.29, 1.82) is 0 Å². The second-order valence-corrected chi connectivity index (χ2v) is 4.06. The molecule has 1 heterocycles. The van der Waals surface area contributed by atoms with Gasteiger partial charge in [-0.3, -0.25) is 0 Å². The van der Waals surface area contributed by atoms with E-state index in [1.165, 1.54) is 0 Å². The van der Waals surface area contributed by atoms with Crippen molar-refractivity contribution >= 4 is 11.8 Å². The van der Waals surface area contributed by atoms with Crippen molar-refractivity contribution in [3.05, 3.63) is 11.8 Å². The number of nitrogens with zero attached hydrogens (tertiary/aromatic N) is 2. The first kappa shape index (κ1) is 10.2. The minimum atomic E-state index is -0.178. The third kappa shape index (κ3) is 2.56. The highest BCUT2D eigenvalue weighted by molar-refractivity contribution is 5.41. The molecule has 82 valence electrons. The van der Waals surface area contributed by atoms with Gasteiger partial charge in [0, 0.05) is 17.8 Å².